The first-order valence-electron chi connectivity index (χ1n) is 7.39. The Balaban J connectivity index is 1.73. The van der Waals surface area contributed by atoms with Gasteiger partial charge in [0.2, 0.25) is 0 Å². The second-order valence-corrected chi connectivity index (χ2v) is 7.97. The summed E-state index contributed by atoms with van der Waals surface area (Å²) in [6.07, 6.45) is 7.59. The first-order valence-corrected chi connectivity index (χ1v) is 8.33. The molecule has 7 unspecified atom stereocenters. The van der Waals surface area contributed by atoms with Crippen molar-refractivity contribution < 1.29 is 4.74 Å². The summed E-state index contributed by atoms with van der Waals surface area (Å²) in [5.41, 5.74) is 0. The van der Waals surface area contributed by atoms with Crippen LogP contribution in [-0.4, -0.2) is 23.7 Å². The number of fused-ring (bicyclic) bond motifs is 3. The highest BCUT2D eigenvalue weighted by Gasteiger charge is 2.50. The van der Waals surface area contributed by atoms with E-state index >= 15 is 0 Å². The van der Waals surface area contributed by atoms with Crippen LogP contribution in [0.2, 0.25) is 0 Å². The Morgan fingerprint density at radius 3 is 2.53 bits per heavy atom. The smallest absolute Gasteiger partial charge is 0.0582 e. The van der Waals surface area contributed by atoms with Gasteiger partial charge in [-0.05, 0) is 49.4 Å². The highest BCUT2D eigenvalue weighted by molar-refractivity contribution is 8.00. The van der Waals surface area contributed by atoms with Gasteiger partial charge in [0, 0.05) is 17.6 Å². The Morgan fingerprint density at radius 2 is 1.76 bits per heavy atom. The van der Waals surface area contributed by atoms with Gasteiger partial charge in [-0.3, -0.25) is 0 Å². The molecule has 1 nitrogen and oxygen atoms in total. The Bertz CT molecular complexity index is 280. The third kappa shape index (κ3) is 2.06. The molecule has 0 radical (unpaired) electrons. The van der Waals surface area contributed by atoms with Gasteiger partial charge in [-0.2, -0.15) is 11.8 Å². The van der Waals surface area contributed by atoms with Crippen molar-refractivity contribution in [2.45, 2.75) is 62.6 Å². The van der Waals surface area contributed by atoms with Gasteiger partial charge in [-0.1, -0.05) is 20.3 Å². The van der Waals surface area contributed by atoms with E-state index in [4.69, 9.17) is 4.74 Å². The number of methoxy groups -OCH3 is 1. The molecule has 1 saturated heterocycles. The van der Waals surface area contributed by atoms with Crippen molar-refractivity contribution in [1.29, 1.82) is 0 Å². The lowest BCUT2D eigenvalue weighted by molar-refractivity contribution is 0.0469. The number of thioether (sulfide) groups is 1. The van der Waals surface area contributed by atoms with Crippen LogP contribution in [-0.2, 0) is 4.74 Å². The molecule has 17 heavy (non-hydrogen) atoms. The van der Waals surface area contributed by atoms with Crippen LogP contribution in [0.15, 0.2) is 0 Å². The molecule has 3 fully saturated rings. The van der Waals surface area contributed by atoms with E-state index in [0.717, 1.165) is 34.2 Å². The topological polar surface area (TPSA) is 9.23 Å². The second-order valence-electron chi connectivity index (χ2n) is 6.55. The summed E-state index contributed by atoms with van der Waals surface area (Å²) in [5, 5.41) is 1.88. The van der Waals surface area contributed by atoms with Crippen molar-refractivity contribution in [1.82, 2.24) is 0 Å². The molecule has 7 atom stereocenters. The zero-order chi connectivity index (χ0) is 12.0. The molecule has 2 saturated carbocycles. The maximum absolute atomic E-state index is 5.59. The molecule has 2 heteroatoms. The van der Waals surface area contributed by atoms with Crippen LogP contribution < -0.4 is 0 Å². The highest BCUT2D eigenvalue weighted by atomic mass is 32.2. The molecule has 0 aromatic rings. The number of hydrogen-bond acceptors (Lipinski definition) is 2. The van der Waals surface area contributed by atoms with Crippen LogP contribution in [0.25, 0.3) is 0 Å². The Labute approximate surface area is 110 Å². The first kappa shape index (κ1) is 12.3. The predicted octanol–water partition coefficient (Wildman–Crippen LogP) is 3.97. The SMILES string of the molecule is COC1CCC2C(C1)SC1C(C)C(C)CCC21. The van der Waals surface area contributed by atoms with Gasteiger partial charge in [0.25, 0.3) is 0 Å². The molecule has 0 bridgehead atoms. The van der Waals surface area contributed by atoms with Crippen LogP contribution in [0.4, 0.5) is 0 Å². The average Bonchev–Trinajstić information content (AvgIpc) is 2.72. The quantitative estimate of drug-likeness (QED) is 0.700. The van der Waals surface area contributed by atoms with Crippen molar-refractivity contribution >= 4 is 11.8 Å². The van der Waals surface area contributed by atoms with Crippen LogP contribution in [0, 0.1) is 23.7 Å². The minimum absolute atomic E-state index is 0.552. The van der Waals surface area contributed by atoms with E-state index in [-0.39, 0.29) is 0 Å². The van der Waals surface area contributed by atoms with E-state index in [0.29, 0.717) is 6.10 Å². The summed E-state index contributed by atoms with van der Waals surface area (Å²) in [6.45, 7) is 4.96. The lowest BCUT2D eigenvalue weighted by Gasteiger charge is -2.38. The first-order chi connectivity index (χ1) is 8.20. The van der Waals surface area contributed by atoms with Crippen LogP contribution >= 0.6 is 11.8 Å². The molecular formula is C15H26OS. The largest absolute Gasteiger partial charge is 0.381 e. The van der Waals surface area contributed by atoms with Crippen molar-refractivity contribution in [3.05, 3.63) is 0 Å². The molecular weight excluding hydrogens is 228 g/mol. The number of hydrogen-bond donors (Lipinski definition) is 0. The van der Waals surface area contributed by atoms with Gasteiger partial charge in [0.15, 0.2) is 0 Å². The minimum Gasteiger partial charge on any atom is -0.381 e. The fourth-order valence-corrected chi connectivity index (χ4v) is 6.78. The van der Waals surface area contributed by atoms with Crippen molar-refractivity contribution in [2.24, 2.45) is 23.7 Å². The molecule has 0 amide bonds. The van der Waals surface area contributed by atoms with Gasteiger partial charge in [0.05, 0.1) is 6.10 Å². The molecule has 3 rings (SSSR count). The highest BCUT2D eigenvalue weighted by Crippen LogP contribution is 2.57. The standard InChI is InChI=1S/C15H26OS/c1-9-4-6-13-12-7-5-11(16-3)8-14(12)17-15(13)10(9)2/h9-15H,4-8H2,1-3H3. The normalized spacial score (nSPS) is 54.2. The lowest BCUT2D eigenvalue weighted by atomic mass is 9.67. The summed E-state index contributed by atoms with van der Waals surface area (Å²) in [7, 11) is 1.89. The Kier molecular flexibility index (Phi) is 3.47. The van der Waals surface area contributed by atoms with Crippen LogP contribution in [0.3, 0.4) is 0 Å². The maximum atomic E-state index is 5.59. The van der Waals surface area contributed by atoms with E-state index in [1.807, 2.05) is 7.11 Å². The molecule has 0 aromatic heterocycles. The van der Waals surface area contributed by atoms with E-state index < -0.39 is 0 Å². The maximum Gasteiger partial charge on any atom is 0.0582 e. The van der Waals surface area contributed by atoms with E-state index in [1.165, 1.54) is 32.1 Å². The Morgan fingerprint density at radius 1 is 1.00 bits per heavy atom. The van der Waals surface area contributed by atoms with Gasteiger partial charge in [0.1, 0.15) is 0 Å². The molecule has 0 aromatic carbocycles. The van der Waals surface area contributed by atoms with Crippen LogP contribution in [0.1, 0.15) is 46.0 Å². The second kappa shape index (κ2) is 4.77. The average molecular weight is 254 g/mol. The summed E-state index contributed by atoms with van der Waals surface area (Å²) >= 11 is 2.33. The number of ether oxygens (including phenoxy) is 1. The zero-order valence-corrected chi connectivity index (χ0v) is 12.2. The summed E-state index contributed by atoms with van der Waals surface area (Å²) in [5.74, 6) is 3.94. The van der Waals surface area contributed by atoms with Crippen molar-refractivity contribution in [3.63, 3.8) is 0 Å². The van der Waals surface area contributed by atoms with Gasteiger partial charge >= 0.3 is 0 Å². The third-order valence-electron chi connectivity index (χ3n) is 5.80. The fourth-order valence-electron chi connectivity index (χ4n) is 4.46. The van der Waals surface area contributed by atoms with Gasteiger partial charge < -0.3 is 4.74 Å². The predicted molar refractivity (Wildman–Crippen MR) is 74.4 cm³/mol. The molecule has 0 spiro atoms. The summed E-state index contributed by atoms with van der Waals surface area (Å²) in [4.78, 5) is 0. The van der Waals surface area contributed by atoms with E-state index in [1.54, 1.807) is 0 Å². The van der Waals surface area contributed by atoms with Gasteiger partial charge in [-0.25, -0.2) is 0 Å². The fraction of sp³-hybridized carbons (Fsp3) is 1.00. The monoisotopic (exact) mass is 254 g/mol. The van der Waals surface area contributed by atoms with Gasteiger partial charge in [-0.15, -0.1) is 0 Å². The van der Waals surface area contributed by atoms with Crippen molar-refractivity contribution in [3.8, 4) is 0 Å². The lowest BCUT2D eigenvalue weighted by Crippen LogP contribution is -2.36. The Hall–Kier alpha value is 0.310. The number of rotatable bonds is 1. The molecule has 1 heterocycles. The molecule has 0 N–H and O–H groups in total. The minimum atomic E-state index is 0.552. The van der Waals surface area contributed by atoms with E-state index in [9.17, 15) is 0 Å². The molecule has 2 aliphatic carbocycles. The summed E-state index contributed by atoms with van der Waals surface area (Å²) < 4.78 is 5.59. The van der Waals surface area contributed by atoms with Crippen LogP contribution in [0.5, 0.6) is 0 Å². The molecule has 3 aliphatic rings. The van der Waals surface area contributed by atoms with E-state index in [2.05, 4.69) is 25.6 Å². The molecule has 98 valence electrons. The third-order valence-corrected chi connectivity index (χ3v) is 7.79. The van der Waals surface area contributed by atoms with Crippen molar-refractivity contribution in [2.75, 3.05) is 7.11 Å². The summed E-state index contributed by atoms with van der Waals surface area (Å²) in [6, 6.07) is 0. The zero-order valence-electron chi connectivity index (χ0n) is 11.4. The molecule has 1 aliphatic heterocycles.